The smallest absolute Gasteiger partial charge is 0.351 e. The predicted molar refractivity (Wildman–Crippen MR) is 231 cm³/mol. The number of aliphatic hydroxyl groups excluding tert-OH is 1. The number of oxime groups is 1. The fraction of sp³-hybridized carbons (Fsp3) is 0.682. The van der Waals surface area contributed by atoms with Crippen molar-refractivity contribution in [1.82, 2.24) is 9.88 Å². The Hall–Kier alpha value is -3.75. The lowest BCUT2D eigenvalue weighted by molar-refractivity contribution is -0.296. The second-order valence-corrected chi connectivity index (χ2v) is 18.9. The first-order chi connectivity index (χ1) is 29.0. The monoisotopic (exact) mass is 889 g/mol. The zero-order valence-corrected chi connectivity index (χ0v) is 38.4. The lowest BCUT2D eigenvalue weighted by Gasteiger charge is -2.47. The minimum atomic E-state index is -3.22. The molecule has 3 fully saturated rings. The number of nitrogen functional groups attached to an aromatic ring is 1. The second-order valence-electron chi connectivity index (χ2n) is 17.7. The summed E-state index contributed by atoms with van der Waals surface area (Å²) in [5, 5.41) is 28.5. The molecule has 5 heterocycles. The highest BCUT2D eigenvalue weighted by molar-refractivity contribution is 7.15. The van der Waals surface area contributed by atoms with Gasteiger partial charge in [-0.3, -0.25) is 9.59 Å². The van der Waals surface area contributed by atoms with Crippen molar-refractivity contribution in [3.8, 4) is 10.6 Å². The maximum Gasteiger partial charge on any atom is 0.351 e. The van der Waals surface area contributed by atoms with Crippen LogP contribution in [-0.4, -0.2) is 136 Å². The fourth-order valence-corrected chi connectivity index (χ4v) is 9.86. The van der Waals surface area contributed by atoms with E-state index >= 15 is 4.39 Å². The van der Waals surface area contributed by atoms with E-state index in [1.54, 1.807) is 26.8 Å². The molecular weight excluding hydrogens is 826 g/mol. The molecule has 18 heteroatoms. The Morgan fingerprint density at radius 1 is 1.10 bits per heavy atom. The van der Waals surface area contributed by atoms with Gasteiger partial charge in [0.2, 0.25) is 5.91 Å². The van der Waals surface area contributed by atoms with E-state index in [4.69, 9.17) is 34.3 Å². The van der Waals surface area contributed by atoms with E-state index in [-0.39, 0.29) is 44.5 Å². The molecule has 1 amide bonds. The van der Waals surface area contributed by atoms with Crippen molar-refractivity contribution in [3.63, 3.8) is 0 Å². The number of rotatable bonds is 8. The Bertz CT molecular complexity index is 1970. The number of pyridine rings is 1. The number of Topliss-reactive ketones (excluding diaryl/α,β-unsaturated/α-hetero) is 1. The van der Waals surface area contributed by atoms with Gasteiger partial charge in [-0.1, -0.05) is 38.9 Å². The molecule has 3 saturated heterocycles. The van der Waals surface area contributed by atoms with Gasteiger partial charge in [0.25, 0.3) is 5.67 Å². The molecule has 3 aliphatic heterocycles. The third-order valence-corrected chi connectivity index (χ3v) is 13.3. The first-order valence-corrected chi connectivity index (χ1v) is 22.0. The number of hydrogen-bond acceptors (Lipinski definition) is 16. The van der Waals surface area contributed by atoms with Gasteiger partial charge in [-0.2, -0.15) is 0 Å². The number of carbonyl (C=O) groups excluding carboxylic acids is 3. The van der Waals surface area contributed by atoms with Gasteiger partial charge < -0.3 is 49.4 Å². The molecule has 0 spiro atoms. The number of aromatic nitrogens is 1. The molecule has 0 aromatic carbocycles. The number of likely N-dealkylation sites (N-methyl/N-ethyl adjacent to an activating group) is 1. The summed E-state index contributed by atoms with van der Waals surface area (Å²) in [6.45, 7) is 13.1. The minimum absolute atomic E-state index is 0.00484. The van der Waals surface area contributed by atoms with Crippen LogP contribution in [0.3, 0.4) is 0 Å². The number of cyclic esters (lactones) is 1. The fourth-order valence-electron chi connectivity index (χ4n) is 8.98. The third-order valence-electron chi connectivity index (χ3n) is 12.2. The molecule has 13 atom stereocenters. The summed E-state index contributed by atoms with van der Waals surface area (Å²) in [5.74, 6) is -5.71. The molecule has 0 aliphatic carbocycles. The van der Waals surface area contributed by atoms with Gasteiger partial charge in [0.1, 0.15) is 29.3 Å². The summed E-state index contributed by atoms with van der Waals surface area (Å²) in [5.41, 5.74) is 0.324. The number of amides is 1. The van der Waals surface area contributed by atoms with Crippen molar-refractivity contribution in [3.05, 3.63) is 35.2 Å². The standard InChI is InChI=1S/C44H64FN5O11S/c1-12-33-44(9,55)39-25(4)35(47-27(6)51)23(2)19-42(7,57-21-28(20-56-39)49-58-22-29-16-17-32(62-29)30-14-13-15-34(46)48-30)38(26(5)37(53)43(8,45)41(54)60-33)61-40-36(52)31(50(10)11)18-24(3)59-40/h13-17,23-26,31,33,36,38-40,52,55H,12,18-22H2,1-11H3,(H2,46,48)/b47-35?,49-28-/t23-,24-,25+,26+,31+,33-,36-,38-,39-,40+,42-,43+,44-/m1/s1. The molecule has 2 bridgehead atoms. The lowest BCUT2D eigenvalue weighted by Crippen LogP contribution is -2.61. The molecule has 16 nitrogen and oxygen atoms in total. The van der Waals surface area contributed by atoms with Crippen LogP contribution in [0.1, 0.15) is 86.5 Å². The zero-order chi connectivity index (χ0) is 45.9. The van der Waals surface area contributed by atoms with Crippen molar-refractivity contribution in [1.29, 1.82) is 0 Å². The number of carbonyl (C=O) groups is 3. The van der Waals surface area contributed by atoms with Crippen LogP contribution in [0, 0.1) is 17.8 Å². The minimum Gasteiger partial charge on any atom is -0.457 e. The topological polar surface area (TPSA) is 214 Å². The zero-order valence-electron chi connectivity index (χ0n) is 37.6. The van der Waals surface area contributed by atoms with Gasteiger partial charge in [0.05, 0.1) is 47.7 Å². The van der Waals surface area contributed by atoms with E-state index in [0.29, 0.717) is 23.6 Å². The summed E-state index contributed by atoms with van der Waals surface area (Å²) < 4.78 is 48.8. The summed E-state index contributed by atoms with van der Waals surface area (Å²) in [7, 11) is 3.63. The highest BCUT2D eigenvalue weighted by Crippen LogP contribution is 2.41. The lowest BCUT2D eigenvalue weighted by atomic mass is 9.73. The van der Waals surface area contributed by atoms with Gasteiger partial charge in [-0.25, -0.2) is 19.2 Å². The van der Waals surface area contributed by atoms with E-state index in [2.05, 4.69) is 15.1 Å². The SMILES string of the molecule is CC[C@H]1OC(=O)[C@@](C)(F)C(=O)[C@H](C)[C@@H](O[C@@H]2O[C@H](C)C[C@H](N(C)C)[C@H]2O)[C@@]2(C)C[C@@H](C)C(=NC(C)=O)[C@H](C)[C@@H](OC/C(=N/OCc3ccc(-c4cccc(N)n4)s3)CO2)[C@]1(C)O. The van der Waals surface area contributed by atoms with Crippen LogP contribution in [0.4, 0.5) is 10.2 Å². The molecule has 5 rings (SSSR count). The van der Waals surface area contributed by atoms with E-state index in [1.165, 1.54) is 32.1 Å². The number of ketones is 1. The van der Waals surface area contributed by atoms with Gasteiger partial charge in [-0.15, -0.1) is 11.3 Å². The summed E-state index contributed by atoms with van der Waals surface area (Å²) >= 11 is 1.44. The van der Waals surface area contributed by atoms with Crippen LogP contribution in [0.15, 0.2) is 40.5 Å². The number of aliphatic imine (C=N–C) groups is 1. The maximum absolute atomic E-state index is 16.9. The van der Waals surface area contributed by atoms with Gasteiger partial charge >= 0.3 is 5.97 Å². The normalized spacial score (nSPS) is 38.0. The van der Waals surface area contributed by atoms with Crippen LogP contribution >= 0.6 is 11.3 Å². The number of thiophene rings is 1. The van der Waals surface area contributed by atoms with Crippen LogP contribution in [0.5, 0.6) is 0 Å². The van der Waals surface area contributed by atoms with Crippen LogP contribution in [-0.2, 0) is 49.5 Å². The molecule has 0 saturated carbocycles. The van der Waals surface area contributed by atoms with E-state index in [0.717, 1.165) is 16.7 Å². The highest BCUT2D eigenvalue weighted by Gasteiger charge is 2.56. The summed E-state index contributed by atoms with van der Waals surface area (Å²) in [6, 6.07) is 8.76. The van der Waals surface area contributed by atoms with E-state index < -0.39 is 89.0 Å². The Morgan fingerprint density at radius 2 is 1.81 bits per heavy atom. The number of alkyl halides is 1. The second kappa shape index (κ2) is 20.0. The number of aliphatic hydroxyl groups is 2. The number of ether oxygens (including phenoxy) is 5. The number of nitrogens with zero attached hydrogens (tertiary/aromatic N) is 4. The Labute approximate surface area is 367 Å². The van der Waals surface area contributed by atoms with Crippen molar-refractivity contribution in [2.24, 2.45) is 27.9 Å². The molecule has 344 valence electrons. The Kier molecular flexibility index (Phi) is 15.9. The highest BCUT2D eigenvalue weighted by atomic mass is 32.1. The molecule has 0 unspecified atom stereocenters. The molecule has 62 heavy (non-hydrogen) atoms. The van der Waals surface area contributed by atoms with Gasteiger partial charge in [-0.05, 0) is 91.2 Å². The van der Waals surface area contributed by atoms with Crippen molar-refractivity contribution < 1.29 is 57.5 Å². The van der Waals surface area contributed by atoms with Crippen molar-refractivity contribution in [2.45, 2.75) is 148 Å². The van der Waals surface area contributed by atoms with E-state index in [9.17, 15) is 24.6 Å². The quantitative estimate of drug-likeness (QED) is 0.182. The molecular formula is C44H64FN5O11S. The van der Waals surface area contributed by atoms with Crippen molar-refractivity contribution >= 4 is 46.2 Å². The molecule has 2 aromatic rings. The van der Waals surface area contributed by atoms with Crippen LogP contribution < -0.4 is 5.73 Å². The van der Waals surface area contributed by atoms with Crippen LogP contribution in [0.25, 0.3) is 10.6 Å². The number of esters is 1. The maximum atomic E-state index is 16.9. The average molecular weight is 890 g/mol. The van der Waals surface area contributed by atoms with Crippen LogP contribution in [0.2, 0.25) is 0 Å². The first-order valence-electron chi connectivity index (χ1n) is 21.2. The number of anilines is 1. The molecule has 4 N–H and O–H groups in total. The molecule has 0 radical (unpaired) electrons. The number of hydrogen-bond donors (Lipinski definition) is 3. The Morgan fingerprint density at radius 3 is 2.45 bits per heavy atom. The predicted octanol–water partition coefficient (Wildman–Crippen LogP) is 4.92. The largest absolute Gasteiger partial charge is 0.457 e. The number of nitrogens with two attached hydrogens (primary N) is 1. The van der Waals surface area contributed by atoms with E-state index in [1.807, 2.05) is 57.1 Å². The number of halogens is 1. The third kappa shape index (κ3) is 10.9. The first kappa shape index (κ1) is 49.3. The Balaban J connectivity index is 1.66. The van der Waals surface area contributed by atoms with Crippen molar-refractivity contribution in [2.75, 3.05) is 33.0 Å². The van der Waals surface area contributed by atoms with Gasteiger partial charge in [0, 0.05) is 35.4 Å². The van der Waals surface area contributed by atoms with Gasteiger partial charge in [0.15, 0.2) is 18.7 Å². The molecule has 3 aliphatic rings. The summed E-state index contributed by atoms with van der Waals surface area (Å²) in [6.07, 6.45) is -6.49. The number of fused-ring (bicyclic) bond motifs is 5. The molecule has 2 aromatic heterocycles. The summed E-state index contributed by atoms with van der Waals surface area (Å²) in [4.78, 5) is 59.5. The average Bonchev–Trinajstić information content (AvgIpc) is 3.67.